The van der Waals surface area contributed by atoms with Crippen LogP contribution in [0.4, 0.5) is 0 Å². The van der Waals surface area contributed by atoms with Crippen LogP contribution in [-0.4, -0.2) is 24.1 Å². The molecule has 106 valence electrons. The fourth-order valence-corrected chi connectivity index (χ4v) is 3.86. The van der Waals surface area contributed by atoms with Crippen molar-refractivity contribution in [1.82, 2.24) is 5.43 Å². The molecule has 0 bridgehead atoms. The number of hydrazine groups is 1. The largest absolute Gasteiger partial charge is 0.375 e. The molecule has 1 saturated heterocycles. The van der Waals surface area contributed by atoms with Crippen LogP contribution in [0.15, 0.2) is 0 Å². The molecule has 0 aromatic rings. The Hall–Kier alpha value is 0.170. The van der Waals surface area contributed by atoms with Gasteiger partial charge in [-0.2, -0.15) is 0 Å². The van der Waals surface area contributed by atoms with E-state index in [1.54, 1.807) is 0 Å². The van der Waals surface area contributed by atoms with Gasteiger partial charge in [0.05, 0.1) is 5.60 Å². The molecule has 1 aliphatic carbocycles. The van der Waals surface area contributed by atoms with Gasteiger partial charge in [0.25, 0.3) is 0 Å². The Morgan fingerprint density at radius 3 is 2.78 bits per heavy atom. The molecule has 2 rings (SSSR count). The zero-order chi connectivity index (χ0) is 12.8. The molecule has 0 aromatic carbocycles. The van der Waals surface area contributed by atoms with Crippen LogP contribution >= 0.6 is 11.6 Å². The van der Waals surface area contributed by atoms with Gasteiger partial charge in [0.1, 0.15) is 0 Å². The quantitative estimate of drug-likeness (QED) is 0.460. The summed E-state index contributed by atoms with van der Waals surface area (Å²) in [5, 5.41) is 0. The standard InChI is InChI=1S/C14H27ClN2O/c15-9-4-5-13(17-16)12-6-10-18-14(11-12)7-2-1-3-8-14/h12-13,17H,1-11,16H2. The minimum atomic E-state index is 0.178. The number of hydrogen-bond donors (Lipinski definition) is 2. The number of nitrogens with one attached hydrogen (secondary N) is 1. The first-order valence-electron chi connectivity index (χ1n) is 7.46. The van der Waals surface area contributed by atoms with E-state index in [-0.39, 0.29) is 5.60 Å². The molecule has 0 amide bonds. The van der Waals surface area contributed by atoms with Crippen LogP contribution in [-0.2, 0) is 4.74 Å². The first-order chi connectivity index (χ1) is 8.79. The van der Waals surface area contributed by atoms with Crippen LogP contribution < -0.4 is 11.3 Å². The summed E-state index contributed by atoms with van der Waals surface area (Å²) in [7, 11) is 0. The molecule has 2 aliphatic rings. The van der Waals surface area contributed by atoms with E-state index in [1.165, 1.54) is 38.5 Å². The van der Waals surface area contributed by atoms with Crippen molar-refractivity contribution in [1.29, 1.82) is 0 Å². The van der Waals surface area contributed by atoms with Crippen LogP contribution in [0.2, 0.25) is 0 Å². The monoisotopic (exact) mass is 274 g/mol. The highest BCUT2D eigenvalue weighted by Gasteiger charge is 2.40. The van der Waals surface area contributed by atoms with Crippen molar-refractivity contribution >= 4 is 11.6 Å². The highest BCUT2D eigenvalue weighted by Crippen LogP contribution is 2.41. The van der Waals surface area contributed by atoms with Crippen LogP contribution in [0.1, 0.15) is 57.8 Å². The average Bonchev–Trinajstić information content (AvgIpc) is 2.41. The molecule has 4 heteroatoms. The second-order valence-electron chi connectivity index (χ2n) is 5.95. The summed E-state index contributed by atoms with van der Waals surface area (Å²) in [6.07, 6.45) is 11.0. The molecule has 1 heterocycles. The van der Waals surface area contributed by atoms with E-state index in [9.17, 15) is 0 Å². The number of alkyl halides is 1. The zero-order valence-electron chi connectivity index (χ0n) is 11.3. The highest BCUT2D eigenvalue weighted by atomic mass is 35.5. The van der Waals surface area contributed by atoms with Crippen molar-refractivity contribution in [2.75, 3.05) is 12.5 Å². The first-order valence-corrected chi connectivity index (χ1v) is 7.99. The summed E-state index contributed by atoms with van der Waals surface area (Å²) >= 11 is 5.79. The predicted octanol–water partition coefficient (Wildman–Crippen LogP) is 2.97. The lowest BCUT2D eigenvalue weighted by Gasteiger charge is -2.45. The zero-order valence-corrected chi connectivity index (χ0v) is 12.1. The molecule has 0 radical (unpaired) electrons. The summed E-state index contributed by atoms with van der Waals surface area (Å²) in [4.78, 5) is 0. The Bertz CT molecular complexity index is 238. The van der Waals surface area contributed by atoms with Gasteiger partial charge in [0.2, 0.25) is 0 Å². The van der Waals surface area contributed by atoms with Gasteiger partial charge in [0, 0.05) is 18.5 Å². The fourth-order valence-electron chi connectivity index (χ4n) is 3.71. The van der Waals surface area contributed by atoms with Crippen LogP contribution in [0.25, 0.3) is 0 Å². The summed E-state index contributed by atoms with van der Waals surface area (Å²) < 4.78 is 6.14. The van der Waals surface area contributed by atoms with E-state index >= 15 is 0 Å². The molecular weight excluding hydrogens is 248 g/mol. The van der Waals surface area contributed by atoms with E-state index < -0.39 is 0 Å². The van der Waals surface area contributed by atoms with Crippen molar-refractivity contribution in [3.63, 3.8) is 0 Å². The van der Waals surface area contributed by atoms with Crippen molar-refractivity contribution in [3.05, 3.63) is 0 Å². The SMILES string of the molecule is NNC(CCCCl)C1CCOC2(CCCCC2)C1. The molecule has 1 spiro atoms. The summed E-state index contributed by atoms with van der Waals surface area (Å²) in [5.74, 6) is 7.11. The molecule has 18 heavy (non-hydrogen) atoms. The lowest BCUT2D eigenvalue weighted by molar-refractivity contribution is -0.122. The van der Waals surface area contributed by atoms with Gasteiger partial charge in [-0.15, -0.1) is 11.6 Å². The van der Waals surface area contributed by atoms with Gasteiger partial charge in [-0.05, 0) is 44.4 Å². The van der Waals surface area contributed by atoms with Crippen molar-refractivity contribution in [2.24, 2.45) is 11.8 Å². The third-order valence-electron chi connectivity index (χ3n) is 4.73. The van der Waals surface area contributed by atoms with E-state index in [0.717, 1.165) is 31.7 Å². The summed E-state index contributed by atoms with van der Waals surface area (Å²) in [6.45, 7) is 0.906. The number of ether oxygens (including phenoxy) is 1. The van der Waals surface area contributed by atoms with Crippen LogP contribution in [0.5, 0.6) is 0 Å². The smallest absolute Gasteiger partial charge is 0.0685 e. The van der Waals surface area contributed by atoms with Crippen molar-refractivity contribution in [2.45, 2.75) is 69.4 Å². The second kappa shape index (κ2) is 7.09. The Morgan fingerprint density at radius 2 is 2.11 bits per heavy atom. The second-order valence-corrected chi connectivity index (χ2v) is 6.33. The van der Waals surface area contributed by atoms with Crippen LogP contribution in [0.3, 0.4) is 0 Å². The average molecular weight is 275 g/mol. The minimum absolute atomic E-state index is 0.178. The van der Waals surface area contributed by atoms with E-state index in [4.69, 9.17) is 22.2 Å². The maximum Gasteiger partial charge on any atom is 0.0685 e. The fraction of sp³-hybridized carbons (Fsp3) is 1.00. The minimum Gasteiger partial charge on any atom is -0.375 e. The Balaban J connectivity index is 1.91. The molecule has 2 fully saturated rings. The molecule has 1 aliphatic heterocycles. The lowest BCUT2D eigenvalue weighted by Crippen LogP contribution is -2.49. The van der Waals surface area contributed by atoms with Crippen molar-refractivity contribution < 1.29 is 4.74 Å². The van der Waals surface area contributed by atoms with Gasteiger partial charge in [-0.25, -0.2) is 0 Å². The maximum absolute atomic E-state index is 6.14. The third kappa shape index (κ3) is 3.60. The molecule has 2 unspecified atom stereocenters. The van der Waals surface area contributed by atoms with Gasteiger partial charge in [-0.3, -0.25) is 11.3 Å². The summed E-state index contributed by atoms with van der Waals surface area (Å²) in [6, 6.07) is 0.409. The number of halogens is 1. The Kier molecular flexibility index (Phi) is 5.74. The molecule has 2 atom stereocenters. The summed E-state index contributed by atoms with van der Waals surface area (Å²) in [5.41, 5.74) is 3.19. The molecule has 0 aromatic heterocycles. The van der Waals surface area contributed by atoms with Crippen LogP contribution in [0, 0.1) is 5.92 Å². The normalized spacial score (nSPS) is 29.3. The number of rotatable bonds is 5. The van der Waals surface area contributed by atoms with Gasteiger partial charge in [0.15, 0.2) is 0 Å². The van der Waals surface area contributed by atoms with Gasteiger partial charge >= 0.3 is 0 Å². The molecular formula is C14H27ClN2O. The van der Waals surface area contributed by atoms with Crippen molar-refractivity contribution in [3.8, 4) is 0 Å². The van der Waals surface area contributed by atoms with E-state index in [0.29, 0.717) is 12.0 Å². The van der Waals surface area contributed by atoms with E-state index in [1.807, 2.05) is 0 Å². The molecule has 1 saturated carbocycles. The topological polar surface area (TPSA) is 47.3 Å². The highest BCUT2D eigenvalue weighted by molar-refractivity contribution is 6.17. The number of nitrogens with two attached hydrogens (primary N) is 1. The van der Waals surface area contributed by atoms with Gasteiger partial charge in [-0.1, -0.05) is 19.3 Å². The Morgan fingerprint density at radius 1 is 1.33 bits per heavy atom. The predicted molar refractivity (Wildman–Crippen MR) is 75.6 cm³/mol. The first kappa shape index (κ1) is 14.6. The molecule has 3 nitrogen and oxygen atoms in total. The van der Waals surface area contributed by atoms with Gasteiger partial charge < -0.3 is 4.74 Å². The van der Waals surface area contributed by atoms with E-state index in [2.05, 4.69) is 5.43 Å². The Labute approximate surface area is 116 Å². The lowest BCUT2D eigenvalue weighted by atomic mass is 9.73. The molecule has 3 N–H and O–H groups in total. The third-order valence-corrected chi connectivity index (χ3v) is 5.00. The maximum atomic E-state index is 6.14. The number of hydrogen-bond acceptors (Lipinski definition) is 3.